The number of amides is 1. The molecular formula is C23H23NO6. The molecule has 30 heavy (non-hydrogen) atoms. The summed E-state index contributed by atoms with van der Waals surface area (Å²) in [5.74, 6) is -1.66. The predicted octanol–water partition coefficient (Wildman–Crippen LogP) is 2.83. The predicted molar refractivity (Wildman–Crippen MR) is 107 cm³/mol. The van der Waals surface area contributed by atoms with Gasteiger partial charge in [-0.05, 0) is 22.3 Å². The third kappa shape index (κ3) is 3.10. The summed E-state index contributed by atoms with van der Waals surface area (Å²) < 4.78 is 22.4. The number of carbonyl (C=O) groups is 2. The van der Waals surface area contributed by atoms with Crippen LogP contribution < -0.4 is 5.32 Å². The van der Waals surface area contributed by atoms with Gasteiger partial charge in [0.05, 0.1) is 19.8 Å². The molecule has 6 rings (SSSR count). The fraction of sp³-hybridized carbons (Fsp3) is 0.391. The maximum absolute atomic E-state index is 12.5. The molecule has 0 unspecified atom stereocenters. The number of rotatable bonds is 5. The maximum atomic E-state index is 12.5. The second kappa shape index (κ2) is 7.19. The summed E-state index contributed by atoms with van der Waals surface area (Å²) in [6.45, 7) is 3.31. The van der Waals surface area contributed by atoms with Gasteiger partial charge in [-0.1, -0.05) is 55.5 Å². The van der Waals surface area contributed by atoms with Crippen LogP contribution in [-0.2, 0) is 23.7 Å². The molecule has 2 aromatic rings. The van der Waals surface area contributed by atoms with E-state index in [4.69, 9.17) is 18.9 Å². The van der Waals surface area contributed by atoms with Crippen LogP contribution in [0.25, 0.3) is 11.1 Å². The molecule has 4 aliphatic rings. The minimum absolute atomic E-state index is 0.0650. The SMILES string of the molecule is CC12COC([C@H](C=O)NC(=O)OCC3c4ccccc4-c4ccccc43)(OC1)OC2. The van der Waals surface area contributed by atoms with Gasteiger partial charge in [-0.2, -0.15) is 0 Å². The molecule has 3 heterocycles. The average molecular weight is 409 g/mol. The minimum Gasteiger partial charge on any atom is -0.449 e. The molecule has 3 saturated heterocycles. The van der Waals surface area contributed by atoms with Crippen LogP contribution in [0.3, 0.4) is 0 Å². The van der Waals surface area contributed by atoms with Gasteiger partial charge in [-0.3, -0.25) is 0 Å². The summed E-state index contributed by atoms with van der Waals surface area (Å²) in [5, 5.41) is 2.53. The van der Waals surface area contributed by atoms with Crippen LogP contribution in [0.15, 0.2) is 48.5 Å². The van der Waals surface area contributed by atoms with Gasteiger partial charge in [0.25, 0.3) is 0 Å². The Morgan fingerprint density at radius 2 is 1.60 bits per heavy atom. The first-order valence-corrected chi connectivity index (χ1v) is 10.0. The molecule has 1 atom stereocenters. The third-order valence-corrected chi connectivity index (χ3v) is 6.00. The highest BCUT2D eigenvalue weighted by Gasteiger charge is 2.55. The number of alkyl carbamates (subject to hydrolysis) is 1. The van der Waals surface area contributed by atoms with Crippen LogP contribution in [0.5, 0.6) is 0 Å². The van der Waals surface area contributed by atoms with E-state index in [1.807, 2.05) is 43.3 Å². The molecule has 156 valence electrons. The summed E-state index contributed by atoms with van der Waals surface area (Å²) in [6, 6.07) is 15.1. The molecule has 0 radical (unpaired) electrons. The topological polar surface area (TPSA) is 83.1 Å². The van der Waals surface area contributed by atoms with Gasteiger partial charge < -0.3 is 29.1 Å². The van der Waals surface area contributed by atoms with Crippen LogP contribution in [0.4, 0.5) is 4.79 Å². The Kier molecular flexibility index (Phi) is 4.61. The molecule has 2 aromatic carbocycles. The second-order valence-corrected chi connectivity index (χ2v) is 8.36. The fourth-order valence-electron chi connectivity index (χ4n) is 4.32. The van der Waals surface area contributed by atoms with Crippen molar-refractivity contribution < 1.29 is 28.5 Å². The van der Waals surface area contributed by atoms with Crippen molar-refractivity contribution in [1.82, 2.24) is 5.32 Å². The maximum Gasteiger partial charge on any atom is 0.408 e. The van der Waals surface area contributed by atoms with Crippen molar-refractivity contribution >= 4 is 12.4 Å². The van der Waals surface area contributed by atoms with Gasteiger partial charge in [-0.25, -0.2) is 4.79 Å². The highest BCUT2D eigenvalue weighted by Crippen LogP contribution is 2.44. The van der Waals surface area contributed by atoms with Gasteiger partial charge in [0.15, 0.2) is 12.3 Å². The van der Waals surface area contributed by atoms with E-state index in [-0.39, 0.29) is 17.9 Å². The minimum atomic E-state index is -1.59. The van der Waals surface area contributed by atoms with Crippen LogP contribution in [-0.4, -0.2) is 50.8 Å². The molecule has 2 bridgehead atoms. The van der Waals surface area contributed by atoms with E-state index in [1.54, 1.807) is 0 Å². The van der Waals surface area contributed by atoms with Crippen LogP contribution >= 0.6 is 0 Å². The molecule has 3 aliphatic heterocycles. The van der Waals surface area contributed by atoms with E-state index in [9.17, 15) is 9.59 Å². The number of fused-ring (bicyclic) bond motifs is 6. The zero-order chi connectivity index (χ0) is 20.8. The quantitative estimate of drug-likeness (QED) is 0.765. The molecule has 0 saturated carbocycles. The van der Waals surface area contributed by atoms with Gasteiger partial charge >= 0.3 is 12.1 Å². The standard InChI is InChI=1S/C23H23NO6/c1-22-12-28-23(29-13-22,30-14-22)20(10-25)24-21(26)27-11-19-17-8-4-2-6-15(17)16-7-3-5-9-18(16)19/h2-10,19-20H,11-14H2,1H3,(H,24,26)/t20-,22?,23?/m0/s1. The highest BCUT2D eigenvalue weighted by molar-refractivity contribution is 5.79. The first-order chi connectivity index (χ1) is 14.5. The third-order valence-electron chi connectivity index (χ3n) is 6.00. The van der Waals surface area contributed by atoms with Gasteiger partial charge in [0.2, 0.25) is 0 Å². The van der Waals surface area contributed by atoms with E-state index < -0.39 is 18.1 Å². The highest BCUT2D eigenvalue weighted by atomic mass is 16.9. The van der Waals surface area contributed by atoms with Crippen molar-refractivity contribution in [3.8, 4) is 11.1 Å². The van der Waals surface area contributed by atoms with Crippen LogP contribution in [0, 0.1) is 5.41 Å². The lowest BCUT2D eigenvalue weighted by molar-refractivity contribution is -0.468. The Morgan fingerprint density at radius 1 is 1.07 bits per heavy atom. The van der Waals surface area contributed by atoms with E-state index in [0.29, 0.717) is 26.1 Å². The van der Waals surface area contributed by atoms with Gasteiger partial charge in [-0.15, -0.1) is 0 Å². The largest absolute Gasteiger partial charge is 0.449 e. The summed E-state index contributed by atoms with van der Waals surface area (Å²) in [6.07, 6.45) is -0.173. The van der Waals surface area contributed by atoms with Crippen LogP contribution in [0.1, 0.15) is 24.0 Å². The Morgan fingerprint density at radius 3 is 2.13 bits per heavy atom. The molecule has 1 aliphatic carbocycles. The summed E-state index contributed by atoms with van der Waals surface area (Å²) in [7, 11) is 0. The number of benzene rings is 2. The first-order valence-electron chi connectivity index (χ1n) is 10.0. The Hall–Kier alpha value is -2.74. The molecule has 1 amide bonds. The van der Waals surface area contributed by atoms with E-state index in [1.165, 1.54) is 0 Å². The van der Waals surface area contributed by atoms with Crippen molar-refractivity contribution in [3.05, 3.63) is 59.7 Å². The normalized spacial score (nSPS) is 27.8. The Labute approximate surface area is 174 Å². The van der Waals surface area contributed by atoms with E-state index >= 15 is 0 Å². The number of aldehydes is 1. The number of nitrogens with one attached hydrogen (secondary N) is 1. The average Bonchev–Trinajstić information content (AvgIpc) is 3.11. The zero-order valence-electron chi connectivity index (χ0n) is 16.6. The van der Waals surface area contributed by atoms with Gasteiger partial charge in [0.1, 0.15) is 6.61 Å². The van der Waals surface area contributed by atoms with Crippen LogP contribution in [0.2, 0.25) is 0 Å². The number of hydrogen-bond donors (Lipinski definition) is 1. The first kappa shape index (κ1) is 19.2. The number of hydrogen-bond acceptors (Lipinski definition) is 6. The summed E-state index contributed by atoms with van der Waals surface area (Å²) in [4.78, 5) is 24.2. The molecular weight excluding hydrogens is 386 g/mol. The smallest absolute Gasteiger partial charge is 0.408 e. The number of carbonyl (C=O) groups excluding carboxylic acids is 2. The van der Waals surface area contributed by atoms with Crippen molar-refractivity contribution in [2.45, 2.75) is 24.9 Å². The van der Waals surface area contributed by atoms with Gasteiger partial charge in [0, 0.05) is 11.3 Å². The summed E-state index contributed by atoms with van der Waals surface area (Å²) in [5.41, 5.74) is 4.29. The molecule has 1 N–H and O–H groups in total. The lowest BCUT2D eigenvalue weighted by atomic mass is 9.91. The molecule has 3 fully saturated rings. The van der Waals surface area contributed by atoms with Crippen molar-refractivity contribution in [1.29, 1.82) is 0 Å². The molecule has 7 nitrogen and oxygen atoms in total. The molecule has 0 aromatic heterocycles. The lowest BCUT2D eigenvalue weighted by Crippen LogP contribution is -2.67. The van der Waals surface area contributed by atoms with E-state index in [2.05, 4.69) is 17.4 Å². The second-order valence-electron chi connectivity index (χ2n) is 8.36. The van der Waals surface area contributed by atoms with Crippen molar-refractivity contribution in [2.75, 3.05) is 26.4 Å². The Bertz CT molecular complexity index is 919. The Balaban J connectivity index is 1.27. The summed E-state index contributed by atoms with van der Waals surface area (Å²) >= 11 is 0. The molecule has 7 heteroatoms. The fourth-order valence-corrected chi connectivity index (χ4v) is 4.32. The van der Waals surface area contributed by atoms with E-state index in [0.717, 1.165) is 22.3 Å². The monoisotopic (exact) mass is 409 g/mol. The molecule has 0 spiro atoms. The lowest BCUT2D eigenvalue weighted by Gasteiger charge is -2.51. The zero-order valence-corrected chi connectivity index (χ0v) is 16.6. The van der Waals surface area contributed by atoms with Crippen molar-refractivity contribution in [2.24, 2.45) is 5.41 Å². The number of ether oxygens (including phenoxy) is 4. The van der Waals surface area contributed by atoms with Crippen molar-refractivity contribution in [3.63, 3.8) is 0 Å².